The third kappa shape index (κ3) is 5.46. The summed E-state index contributed by atoms with van der Waals surface area (Å²) in [5.74, 6) is -0.0575. The van der Waals surface area contributed by atoms with Crippen molar-refractivity contribution >= 4 is 11.8 Å². The molecule has 6 heteroatoms. The topological polar surface area (TPSA) is 84.7 Å². The Kier molecular flexibility index (Phi) is 6.67. The van der Waals surface area contributed by atoms with Crippen LogP contribution in [-0.2, 0) is 14.3 Å². The molecule has 1 fully saturated rings. The predicted octanol–water partition coefficient (Wildman–Crippen LogP) is -0.521. The van der Waals surface area contributed by atoms with Gasteiger partial charge in [-0.2, -0.15) is 0 Å². The molecule has 104 valence electrons. The molecule has 0 aliphatic carbocycles. The highest BCUT2D eigenvalue weighted by Gasteiger charge is 2.20. The van der Waals surface area contributed by atoms with Crippen LogP contribution in [0.25, 0.3) is 0 Å². The lowest BCUT2D eigenvalue weighted by Crippen LogP contribution is -2.43. The van der Waals surface area contributed by atoms with Gasteiger partial charge in [-0.1, -0.05) is 0 Å². The molecule has 2 amide bonds. The Morgan fingerprint density at radius 1 is 1.33 bits per heavy atom. The Labute approximate surface area is 108 Å². The molecule has 3 N–H and O–H groups in total. The molecule has 6 nitrogen and oxygen atoms in total. The summed E-state index contributed by atoms with van der Waals surface area (Å²) >= 11 is 0. The molecule has 0 unspecified atom stereocenters. The second-order valence-electron chi connectivity index (χ2n) is 4.56. The van der Waals surface area contributed by atoms with Crippen LogP contribution in [0.5, 0.6) is 0 Å². The summed E-state index contributed by atoms with van der Waals surface area (Å²) in [5.41, 5.74) is 5.77. The van der Waals surface area contributed by atoms with Gasteiger partial charge in [0.2, 0.25) is 11.8 Å². The van der Waals surface area contributed by atoms with Crippen LogP contribution >= 0.6 is 0 Å². The van der Waals surface area contributed by atoms with E-state index in [0.29, 0.717) is 26.2 Å². The zero-order valence-electron chi connectivity index (χ0n) is 11.0. The lowest BCUT2D eigenvalue weighted by atomic mass is 10.1. The number of hydrogen-bond donors (Lipinski definition) is 2. The third-order valence-corrected chi connectivity index (χ3v) is 3.09. The van der Waals surface area contributed by atoms with Crippen molar-refractivity contribution in [1.82, 2.24) is 10.2 Å². The third-order valence-electron chi connectivity index (χ3n) is 3.09. The van der Waals surface area contributed by atoms with Crippen LogP contribution in [-0.4, -0.2) is 56.1 Å². The van der Waals surface area contributed by atoms with Gasteiger partial charge in [-0.05, 0) is 12.8 Å². The van der Waals surface area contributed by atoms with Gasteiger partial charge in [0.15, 0.2) is 0 Å². The second kappa shape index (κ2) is 8.05. The molecule has 0 saturated carbocycles. The van der Waals surface area contributed by atoms with Crippen LogP contribution in [0, 0.1) is 0 Å². The van der Waals surface area contributed by atoms with E-state index < -0.39 is 0 Å². The van der Waals surface area contributed by atoms with E-state index in [0.717, 1.165) is 12.8 Å². The van der Waals surface area contributed by atoms with Gasteiger partial charge < -0.3 is 20.7 Å². The first-order valence-electron chi connectivity index (χ1n) is 6.42. The van der Waals surface area contributed by atoms with E-state index in [1.807, 2.05) is 0 Å². The quantitative estimate of drug-likeness (QED) is 0.627. The zero-order valence-corrected chi connectivity index (χ0v) is 11.0. The Hall–Kier alpha value is -1.14. The summed E-state index contributed by atoms with van der Waals surface area (Å²) in [6.07, 6.45) is 2.22. The van der Waals surface area contributed by atoms with E-state index in [2.05, 4.69) is 5.32 Å². The maximum atomic E-state index is 11.8. The number of ether oxygens (including phenoxy) is 1. The van der Waals surface area contributed by atoms with Crippen molar-refractivity contribution < 1.29 is 14.3 Å². The van der Waals surface area contributed by atoms with Gasteiger partial charge in [0.05, 0.1) is 6.61 Å². The van der Waals surface area contributed by atoms with Gasteiger partial charge >= 0.3 is 0 Å². The van der Waals surface area contributed by atoms with Gasteiger partial charge in [-0.25, -0.2) is 0 Å². The predicted molar refractivity (Wildman–Crippen MR) is 67.9 cm³/mol. The normalized spacial score (nSPS) is 16.7. The van der Waals surface area contributed by atoms with E-state index in [4.69, 9.17) is 10.5 Å². The SMILES string of the molecule is COCCNC(=O)CCC(=O)N1CCC(N)CC1. The summed E-state index contributed by atoms with van der Waals surface area (Å²) in [7, 11) is 1.58. The fourth-order valence-electron chi connectivity index (χ4n) is 1.91. The van der Waals surface area contributed by atoms with E-state index in [9.17, 15) is 9.59 Å². The Morgan fingerprint density at radius 3 is 2.61 bits per heavy atom. The molecule has 0 radical (unpaired) electrons. The van der Waals surface area contributed by atoms with Crippen molar-refractivity contribution in [2.45, 2.75) is 31.7 Å². The van der Waals surface area contributed by atoms with Crippen LogP contribution in [0.1, 0.15) is 25.7 Å². The highest BCUT2D eigenvalue weighted by Crippen LogP contribution is 2.10. The molecule has 0 atom stereocenters. The van der Waals surface area contributed by atoms with Crippen LogP contribution < -0.4 is 11.1 Å². The summed E-state index contributed by atoms with van der Waals surface area (Å²) in [4.78, 5) is 25.0. The number of piperidine rings is 1. The van der Waals surface area contributed by atoms with Gasteiger partial charge in [0, 0.05) is 45.6 Å². The highest BCUT2D eigenvalue weighted by atomic mass is 16.5. The largest absolute Gasteiger partial charge is 0.383 e. The number of likely N-dealkylation sites (tertiary alicyclic amines) is 1. The summed E-state index contributed by atoms with van der Waals surface area (Å²) < 4.78 is 4.82. The number of nitrogens with zero attached hydrogens (tertiary/aromatic N) is 1. The molecule has 0 aromatic carbocycles. The van der Waals surface area contributed by atoms with Crippen molar-refractivity contribution in [2.75, 3.05) is 33.4 Å². The molecule has 0 aromatic heterocycles. The standard InChI is InChI=1S/C12H23N3O3/c1-18-9-6-14-11(16)2-3-12(17)15-7-4-10(13)5-8-15/h10H,2-9,13H2,1H3,(H,14,16). The van der Waals surface area contributed by atoms with E-state index in [1.54, 1.807) is 12.0 Å². The number of amides is 2. The van der Waals surface area contributed by atoms with E-state index >= 15 is 0 Å². The number of carbonyl (C=O) groups excluding carboxylic acids is 2. The zero-order chi connectivity index (χ0) is 13.4. The Bertz CT molecular complexity index is 276. The first-order chi connectivity index (χ1) is 8.63. The second-order valence-corrected chi connectivity index (χ2v) is 4.56. The van der Waals surface area contributed by atoms with Crippen molar-refractivity contribution in [2.24, 2.45) is 5.73 Å². The minimum atomic E-state index is -0.103. The van der Waals surface area contributed by atoms with Crippen molar-refractivity contribution in [3.05, 3.63) is 0 Å². The van der Waals surface area contributed by atoms with Crippen molar-refractivity contribution in [1.29, 1.82) is 0 Å². The Balaban J connectivity index is 2.14. The molecule has 1 aliphatic heterocycles. The van der Waals surface area contributed by atoms with Gasteiger partial charge in [-0.15, -0.1) is 0 Å². The maximum Gasteiger partial charge on any atom is 0.223 e. The molecule has 18 heavy (non-hydrogen) atoms. The van der Waals surface area contributed by atoms with Crippen LogP contribution in [0.15, 0.2) is 0 Å². The molecule has 1 aliphatic rings. The molecular weight excluding hydrogens is 234 g/mol. The number of hydrogen-bond acceptors (Lipinski definition) is 4. The average Bonchev–Trinajstić information content (AvgIpc) is 2.37. The summed E-state index contributed by atoms with van der Waals surface area (Å²) in [5, 5.41) is 2.69. The lowest BCUT2D eigenvalue weighted by molar-refractivity contribution is -0.134. The Morgan fingerprint density at radius 2 is 2.00 bits per heavy atom. The maximum absolute atomic E-state index is 11.8. The smallest absolute Gasteiger partial charge is 0.223 e. The fourth-order valence-corrected chi connectivity index (χ4v) is 1.91. The number of rotatable bonds is 6. The van der Waals surface area contributed by atoms with Crippen LogP contribution in [0.3, 0.4) is 0 Å². The number of methoxy groups -OCH3 is 1. The minimum absolute atomic E-state index is 0.0452. The van der Waals surface area contributed by atoms with Gasteiger partial charge in [-0.3, -0.25) is 9.59 Å². The fraction of sp³-hybridized carbons (Fsp3) is 0.833. The summed E-state index contributed by atoms with van der Waals surface area (Å²) in [6, 6.07) is 0.214. The number of nitrogens with one attached hydrogen (secondary N) is 1. The molecule has 1 saturated heterocycles. The minimum Gasteiger partial charge on any atom is -0.383 e. The van der Waals surface area contributed by atoms with Gasteiger partial charge in [0.25, 0.3) is 0 Å². The van der Waals surface area contributed by atoms with E-state index in [1.165, 1.54) is 0 Å². The molecule has 0 spiro atoms. The average molecular weight is 257 g/mol. The van der Waals surface area contributed by atoms with Crippen LogP contribution in [0.4, 0.5) is 0 Å². The van der Waals surface area contributed by atoms with Crippen molar-refractivity contribution in [3.8, 4) is 0 Å². The lowest BCUT2D eigenvalue weighted by Gasteiger charge is -2.30. The highest BCUT2D eigenvalue weighted by molar-refractivity contribution is 5.83. The molecule has 0 bridgehead atoms. The molecule has 0 aromatic rings. The summed E-state index contributed by atoms with van der Waals surface area (Å²) in [6.45, 7) is 2.41. The van der Waals surface area contributed by atoms with E-state index in [-0.39, 0.29) is 30.7 Å². The number of carbonyl (C=O) groups is 2. The molecular formula is C12H23N3O3. The number of nitrogens with two attached hydrogens (primary N) is 1. The molecule has 1 rings (SSSR count). The van der Waals surface area contributed by atoms with Crippen LogP contribution in [0.2, 0.25) is 0 Å². The first kappa shape index (κ1) is 14.9. The van der Waals surface area contributed by atoms with Gasteiger partial charge in [0.1, 0.15) is 0 Å². The monoisotopic (exact) mass is 257 g/mol. The molecule has 1 heterocycles. The first-order valence-corrected chi connectivity index (χ1v) is 6.42. The van der Waals surface area contributed by atoms with Crippen molar-refractivity contribution in [3.63, 3.8) is 0 Å².